The minimum atomic E-state index is -3.42. The molecule has 0 bridgehead atoms. The Morgan fingerprint density at radius 3 is 2.45 bits per heavy atom. The van der Waals surface area contributed by atoms with Gasteiger partial charge in [-0.1, -0.05) is 36.4 Å². The van der Waals surface area contributed by atoms with Gasteiger partial charge in [-0.15, -0.1) is 0 Å². The lowest BCUT2D eigenvalue weighted by Crippen LogP contribution is -2.58. The second-order valence-corrected chi connectivity index (χ2v) is 13.1. The highest BCUT2D eigenvalue weighted by Crippen LogP contribution is 2.47. The fourth-order valence-corrected chi connectivity index (χ4v) is 6.75. The Balaban J connectivity index is 1.37. The molecule has 1 unspecified atom stereocenters. The van der Waals surface area contributed by atoms with E-state index in [-0.39, 0.29) is 11.3 Å². The van der Waals surface area contributed by atoms with E-state index in [0.717, 1.165) is 27.7 Å². The number of fused-ring (bicyclic) bond motifs is 3. The third-order valence-corrected chi connectivity index (χ3v) is 9.04. The van der Waals surface area contributed by atoms with E-state index in [4.69, 9.17) is 5.73 Å². The van der Waals surface area contributed by atoms with Crippen LogP contribution in [0.4, 0.5) is 5.69 Å². The first-order valence-corrected chi connectivity index (χ1v) is 14.7. The van der Waals surface area contributed by atoms with E-state index in [1.54, 1.807) is 18.7 Å². The average molecular weight is 538 g/mol. The van der Waals surface area contributed by atoms with Crippen molar-refractivity contribution in [2.45, 2.75) is 50.1 Å². The molecule has 202 valence electrons. The van der Waals surface area contributed by atoms with Gasteiger partial charge in [-0.05, 0) is 49.9 Å². The second kappa shape index (κ2) is 9.43. The van der Waals surface area contributed by atoms with E-state index in [1.807, 2.05) is 54.7 Å². The number of nitrogens with two attached hydrogens (primary N) is 1. The maximum absolute atomic E-state index is 13.8. The monoisotopic (exact) mass is 537 g/mol. The summed E-state index contributed by atoms with van der Waals surface area (Å²) in [7, 11) is -3.42. The summed E-state index contributed by atoms with van der Waals surface area (Å²) in [5.41, 5.74) is 8.22. The smallest absolute Gasteiger partial charge is 0.245 e. The lowest BCUT2D eigenvalue weighted by Gasteiger charge is -2.41. The fraction of sp³-hybridized carbons (Fsp3) is 0.429. The zero-order valence-corrected chi connectivity index (χ0v) is 22.8. The molecule has 1 saturated heterocycles. The summed E-state index contributed by atoms with van der Waals surface area (Å²) in [6.07, 6.45) is 4.72. The Morgan fingerprint density at radius 2 is 1.76 bits per heavy atom. The standard InChI is InChI=1S/C28H35N5O4S/c1-27(2,29)26(35)31-23(16-19-17-30-22-10-6-4-8-20(19)22)25(34)32-14-12-28(13-15-32)18-33(38(3,36)37)24-11-7-5-9-21(24)28/h4-11,17,23,30H,12-16,18,29H2,1-3H3,(H,31,35). The summed E-state index contributed by atoms with van der Waals surface area (Å²) in [5.74, 6) is -0.549. The van der Waals surface area contributed by atoms with Crippen LogP contribution >= 0.6 is 0 Å². The first-order valence-electron chi connectivity index (χ1n) is 12.9. The number of benzene rings is 2. The Labute approximate surface area is 223 Å². The van der Waals surface area contributed by atoms with Crippen LogP contribution in [0.5, 0.6) is 0 Å². The highest BCUT2D eigenvalue weighted by atomic mass is 32.2. The Kier molecular flexibility index (Phi) is 6.51. The number of piperidine rings is 1. The SMILES string of the molecule is CC(C)(N)C(=O)NC(Cc1c[nH]c2ccccc12)C(=O)N1CCC2(CC1)CN(S(C)(=O)=O)c1ccccc12. The molecule has 1 aromatic heterocycles. The molecule has 38 heavy (non-hydrogen) atoms. The summed E-state index contributed by atoms with van der Waals surface area (Å²) < 4.78 is 26.5. The predicted molar refractivity (Wildman–Crippen MR) is 148 cm³/mol. The number of aromatic amines is 1. The largest absolute Gasteiger partial charge is 0.361 e. The second-order valence-electron chi connectivity index (χ2n) is 11.2. The number of likely N-dealkylation sites (tertiary alicyclic amines) is 1. The number of amides is 2. The number of carbonyl (C=O) groups excluding carboxylic acids is 2. The van der Waals surface area contributed by atoms with E-state index >= 15 is 0 Å². The van der Waals surface area contributed by atoms with Crippen molar-refractivity contribution >= 4 is 38.4 Å². The molecule has 0 aliphatic carbocycles. The van der Waals surface area contributed by atoms with Crippen molar-refractivity contribution < 1.29 is 18.0 Å². The minimum Gasteiger partial charge on any atom is -0.361 e. The molecular formula is C28H35N5O4S. The van der Waals surface area contributed by atoms with Gasteiger partial charge in [0.25, 0.3) is 0 Å². The zero-order chi connectivity index (χ0) is 27.3. The molecule has 10 heteroatoms. The van der Waals surface area contributed by atoms with Crippen molar-refractivity contribution in [3.05, 3.63) is 65.9 Å². The van der Waals surface area contributed by atoms with Gasteiger partial charge in [0.15, 0.2) is 0 Å². The van der Waals surface area contributed by atoms with Gasteiger partial charge in [0.1, 0.15) is 6.04 Å². The first-order chi connectivity index (χ1) is 17.9. The van der Waals surface area contributed by atoms with Gasteiger partial charge in [-0.2, -0.15) is 0 Å². The van der Waals surface area contributed by atoms with Crippen LogP contribution in [0.25, 0.3) is 10.9 Å². The Morgan fingerprint density at radius 1 is 1.11 bits per heavy atom. The van der Waals surface area contributed by atoms with Crippen molar-refractivity contribution in [1.29, 1.82) is 0 Å². The number of nitrogens with one attached hydrogen (secondary N) is 2. The van der Waals surface area contributed by atoms with Crippen molar-refractivity contribution in [3.63, 3.8) is 0 Å². The third-order valence-electron chi connectivity index (χ3n) is 7.91. The molecule has 2 aromatic carbocycles. The molecular weight excluding hydrogens is 502 g/mol. The highest BCUT2D eigenvalue weighted by Gasteiger charge is 2.48. The molecule has 1 atom stereocenters. The topological polar surface area (TPSA) is 129 Å². The van der Waals surface area contributed by atoms with Gasteiger partial charge < -0.3 is 20.9 Å². The third kappa shape index (κ3) is 4.78. The van der Waals surface area contributed by atoms with Gasteiger partial charge in [0.2, 0.25) is 21.8 Å². The number of rotatable bonds is 6. The van der Waals surface area contributed by atoms with Crippen molar-refractivity contribution in [2.75, 3.05) is 30.2 Å². The van der Waals surface area contributed by atoms with Crippen LogP contribution in [0.15, 0.2) is 54.7 Å². The summed E-state index contributed by atoms with van der Waals surface area (Å²) in [6, 6.07) is 14.7. The molecule has 9 nitrogen and oxygen atoms in total. The summed E-state index contributed by atoms with van der Waals surface area (Å²) in [6.45, 7) is 4.55. The Hall–Kier alpha value is -3.37. The number of H-pyrrole nitrogens is 1. The van der Waals surface area contributed by atoms with Crippen LogP contribution in [0.1, 0.15) is 37.8 Å². The van der Waals surface area contributed by atoms with Crippen molar-refractivity contribution in [3.8, 4) is 0 Å². The molecule has 4 N–H and O–H groups in total. The van der Waals surface area contributed by atoms with Crippen LogP contribution in [0.2, 0.25) is 0 Å². The van der Waals surface area contributed by atoms with Crippen LogP contribution in [-0.4, -0.2) is 67.6 Å². The van der Waals surface area contributed by atoms with E-state index in [1.165, 1.54) is 10.6 Å². The molecule has 2 aliphatic rings. The summed E-state index contributed by atoms with van der Waals surface area (Å²) >= 11 is 0. The van der Waals surface area contributed by atoms with E-state index in [2.05, 4.69) is 10.3 Å². The molecule has 2 aliphatic heterocycles. The molecule has 3 heterocycles. The van der Waals surface area contributed by atoms with Gasteiger partial charge in [-0.25, -0.2) is 8.42 Å². The highest BCUT2D eigenvalue weighted by molar-refractivity contribution is 7.92. The van der Waals surface area contributed by atoms with Gasteiger partial charge in [0.05, 0.1) is 17.5 Å². The fourth-order valence-electron chi connectivity index (χ4n) is 5.75. The summed E-state index contributed by atoms with van der Waals surface area (Å²) in [4.78, 5) is 31.7. The lowest BCUT2D eigenvalue weighted by molar-refractivity contribution is -0.138. The number of hydrogen-bond acceptors (Lipinski definition) is 5. The van der Waals surface area contributed by atoms with Crippen molar-refractivity contribution in [1.82, 2.24) is 15.2 Å². The number of nitrogens with zero attached hydrogens (tertiary/aromatic N) is 2. The first kappa shape index (κ1) is 26.2. The Bertz CT molecular complexity index is 1480. The van der Waals surface area contributed by atoms with E-state index < -0.39 is 27.5 Å². The quantitative estimate of drug-likeness (QED) is 0.444. The van der Waals surface area contributed by atoms with Crippen LogP contribution < -0.4 is 15.4 Å². The molecule has 1 fully saturated rings. The van der Waals surface area contributed by atoms with Gasteiger partial charge >= 0.3 is 0 Å². The normalized spacial score (nSPS) is 18.0. The van der Waals surface area contributed by atoms with E-state index in [0.29, 0.717) is 38.9 Å². The van der Waals surface area contributed by atoms with Crippen LogP contribution in [-0.2, 0) is 31.4 Å². The molecule has 5 rings (SSSR count). The molecule has 0 saturated carbocycles. The number of carbonyl (C=O) groups is 2. The molecule has 2 amide bonds. The number of anilines is 1. The maximum atomic E-state index is 13.8. The molecule has 0 radical (unpaired) electrons. The predicted octanol–water partition coefficient (Wildman–Crippen LogP) is 2.27. The maximum Gasteiger partial charge on any atom is 0.245 e. The molecule has 1 spiro atoms. The van der Waals surface area contributed by atoms with E-state index in [9.17, 15) is 18.0 Å². The number of para-hydroxylation sites is 2. The van der Waals surface area contributed by atoms with Crippen LogP contribution in [0, 0.1) is 0 Å². The minimum absolute atomic E-state index is 0.158. The average Bonchev–Trinajstić information content (AvgIpc) is 3.43. The van der Waals surface area contributed by atoms with Gasteiger partial charge in [0, 0.05) is 48.6 Å². The van der Waals surface area contributed by atoms with Crippen LogP contribution in [0.3, 0.4) is 0 Å². The van der Waals surface area contributed by atoms with Gasteiger partial charge in [-0.3, -0.25) is 13.9 Å². The zero-order valence-electron chi connectivity index (χ0n) is 22.0. The summed E-state index contributed by atoms with van der Waals surface area (Å²) in [5, 5.41) is 3.91. The molecule has 3 aromatic rings. The lowest BCUT2D eigenvalue weighted by atomic mass is 9.74. The number of aromatic nitrogens is 1. The number of hydrogen-bond donors (Lipinski definition) is 3. The van der Waals surface area contributed by atoms with Crippen molar-refractivity contribution in [2.24, 2.45) is 5.73 Å². The number of sulfonamides is 1.